The Bertz CT molecular complexity index is 1450. The molecule has 0 unspecified atom stereocenters. The molecule has 12 heteroatoms. The largest absolute Gasteiger partial charge is 0.489 e. The van der Waals surface area contributed by atoms with Crippen molar-refractivity contribution >= 4 is 44.6 Å². The molecule has 0 aliphatic carbocycles. The predicted octanol–water partition coefficient (Wildman–Crippen LogP) is 5.44. The first-order chi connectivity index (χ1) is 18.3. The molecule has 1 fully saturated rings. The van der Waals surface area contributed by atoms with E-state index in [9.17, 15) is 8.42 Å². The van der Waals surface area contributed by atoms with Gasteiger partial charge in [0.15, 0.2) is 5.82 Å². The van der Waals surface area contributed by atoms with E-state index in [1.807, 2.05) is 13.8 Å². The monoisotopic (exact) mass is 575 g/mol. The third-order valence-electron chi connectivity index (χ3n) is 6.74. The second kappa shape index (κ2) is 11.3. The van der Waals surface area contributed by atoms with Crippen molar-refractivity contribution in [2.45, 2.75) is 76.8 Å². The summed E-state index contributed by atoms with van der Waals surface area (Å²) in [7, 11) is -1.98. The Morgan fingerprint density at radius 2 is 1.77 bits per heavy atom. The SMILES string of the molecule is Cc1cc(Nc2ncc(Cl)c(Nc3cn(C)nc3S(=O)(=O)C(C)C)n2)c(OC(C)C)cc1C1CN(C(C)C)C1. The highest BCUT2D eigenvalue weighted by Gasteiger charge is 2.31. The van der Waals surface area contributed by atoms with Gasteiger partial charge in [-0.3, -0.25) is 9.58 Å². The number of hydrogen-bond acceptors (Lipinski definition) is 9. The number of anilines is 4. The molecule has 3 heterocycles. The highest BCUT2D eigenvalue weighted by atomic mass is 35.5. The van der Waals surface area contributed by atoms with Crippen LogP contribution in [0.4, 0.5) is 23.1 Å². The van der Waals surface area contributed by atoms with E-state index in [0.717, 1.165) is 30.1 Å². The van der Waals surface area contributed by atoms with Crippen molar-refractivity contribution < 1.29 is 13.2 Å². The molecule has 4 rings (SSSR count). The molecule has 0 amide bonds. The van der Waals surface area contributed by atoms with E-state index in [0.29, 0.717) is 12.0 Å². The molecule has 0 radical (unpaired) electrons. The lowest BCUT2D eigenvalue weighted by molar-refractivity contribution is 0.109. The maximum atomic E-state index is 12.8. The normalized spacial score (nSPS) is 14.8. The summed E-state index contributed by atoms with van der Waals surface area (Å²) in [5, 5.41) is 10.0. The highest BCUT2D eigenvalue weighted by Crippen LogP contribution is 2.38. The van der Waals surface area contributed by atoms with E-state index in [1.165, 1.54) is 16.4 Å². The van der Waals surface area contributed by atoms with Gasteiger partial charge in [0.1, 0.15) is 10.8 Å². The van der Waals surface area contributed by atoms with Crippen LogP contribution in [0.3, 0.4) is 0 Å². The van der Waals surface area contributed by atoms with Crippen LogP contribution in [-0.4, -0.2) is 63.6 Å². The van der Waals surface area contributed by atoms with E-state index in [2.05, 4.69) is 63.5 Å². The van der Waals surface area contributed by atoms with Gasteiger partial charge in [0.2, 0.25) is 20.8 Å². The van der Waals surface area contributed by atoms with Gasteiger partial charge in [-0.25, -0.2) is 13.4 Å². The minimum atomic E-state index is -3.63. The first kappa shape index (κ1) is 29.1. The van der Waals surface area contributed by atoms with E-state index in [4.69, 9.17) is 16.3 Å². The second-order valence-electron chi connectivity index (χ2n) is 10.9. The average molecular weight is 576 g/mol. The van der Waals surface area contributed by atoms with Crippen LogP contribution in [0, 0.1) is 6.92 Å². The van der Waals surface area contributed by atoms with Gasteiger partial charge in [-0.05, 0) is 71.7 Å². The van der Waals surface area contributed by atoms with Crippen LogP contribution in [0.1, 0.15) is 58.6 Å². The molecule has 2 aromatic heterocycles. The molecular formula is C27H38ClN7O3S. The van der Waals surface area contributed by atoms with Crippen molar-refractivity contribution in [3.8, 4) is 5.75 Å². The molecule has 39 heavy (non-hydrogen) atoms. The summed E-state index contributed by atoms with van der Waals surface area (Å²) in [4.78, 5) is 11.3. The summed E-state index contributed by atoms with van der Waals surface area (Å²) in [5.74, 6) is 1.73. The van der Waals surface area contributed by atoms with Gasteiger partial charge in [0.25, 0.3) is 0 Å². The van der Waals surface area contributed by atoms with Crippen LogP contribution in [0.25, 0.3) is 0 Å². The summed E-state index contributed by atoms with van der Waals surface area (Å²) in [6.45, 7) is 15.8. The van der Waals surface area contributed by atoms with Crippen LogP contribution in [-0.2, 0) is 16.9 Å². The number of sulfone groups is 1. The second-order valence-corrected chi connectivity index (χ2v) is 13.7. The van der Waals surface area contributed by atoms with Crippen LogP contribution in [0.5, 0.6) is 5.75 Å². The first-order valence-electron chi connectivity index (χ1n) is 13.2. The Morgan fingerprint density at radius 3 is 2.38 bits per heavy atom. The van der Waals surface area contributed by atoms with Gasteiger partial charge in [0.05, 0.1) is 28.9 Å². The average Bonchev–Trinajstić information content (AvgIpc) is 3.17. The molecule has 1 aromatic carbocycles. The van der Waals surface area contributed by atoms with Crippen LogP contribution in [0.2, 0.25) is 5.02 Å². The van der Waals surface area contributed by atoms with E-state index in [1.54, 1.807) is 27.1 Å². The van der Waals surface area contributed by atoms with Gasteiger partial charge in [-0.2, -0.15) is 10.1 Å². The van der Waals surface area contributed by atoms with Gasteiger partial charge in [-0.15, -0.1) is 0 Å². The summed E-state index contributed by atoms with van der Waals surface area (Å²) in [5.41, 5.74) is 3.47. The number of ether oxygens (including phenoxy) is 1. The number of nitrogens with one attached hydrogen (secondary N) is 2. The Hall–Kier alpha value is -2.89. The number of nitrogens with zero attached hydrogens (tertiary/aromatic N) is 5. The summed E-state index contributed by atoms with van der Waals surface area (Å²) >= 11 is 6.40. The van der Waals surface area contributed by atoms with Crippen molar-refractivity contribution in [1.29, 1.82) is 0 Å². The lowest BCUT2D eigenvalue weighted by Gasteiger charge is -2.43. The van der Waals surface area contributed by atoms with Gasteiger partial charge >= 0.3 is 0 Å². The Kier molecular flexibility index (Phi) is 8.44. The first-order valence-corrected chi connectivity index (χ1v) is 15.1. The minimum absolute atomic E-state index is 0.0232. The zero-order valence-corrected chi connectivity index (χ0v) is 25.4. The third kappa shape index (κ3) is 6.31. The molecule has 1 aliphatic heterocycles. The topological polar surface area (TPSA) is 114 Å². The molecule has 3 aromatic rings. The van der Waals surface area contributed by atoms with E-state index < -0.39 is 15.1 Å². The van der Waals surface area contributed by atoms with Crippen molar-refractivity contribution in [1.82, 2.24) is 24.6 Å². The minimum Gasteiger partial charge on any atom is -0.489 e. The predicted molar refractivity (Wildman–Crippen MR) is 156 cm³/mol. The Balaban J connectivity index is 1.63. The molecule has 2 N–H and O–H groups in total. The smallest absolute Gasteiger partial charge is 0.229 e. The molecule has 0 saturated carbocycles. The molecular weight excluding hydrogens is 538 g/mol. The van der Waals surface area contributed by atoms with E-state index in [-0.39, 0.29) is 33.6 Å². The quantitative estimate of drug-likeness (QED) is 0.326. The van der Waals surface area contributed by atoms with Crippen LogP contribution in [0.15, 0.2) is 29.6 Å². The van der Waals surface area contributed by atoms with Gasteiger partial charge in [0, 0.05) is 38.3 Å². The van der Waals surface area contributed by atoms with Crippen LogP contribution < -0.4 is 15.4 Å². The lowest BCUT2D eigenvalue weighted by Crippen LogP contribution is -2.48. The molecule has 10 nitrogen and oxygen atoms in total. The lowest BCUT2D eigenvalue weighted by atomic mass is 9.87. The summed E-state index contributed by atoms with van der Waals surface area (Å²) in [6, 6.07) is 4.71. The fourth-order valence-corrected chi connectivity index (χ4v) is 5.71. The van der Waals surface area contributed by atoms with E-state index >= 15 is 0 Å². The maximum Gasteiger partial charge on any atom is 0.229 e. The van der Waals surface area contributed by atoms with Gasteiger partial charge < -0.3 is 15.4 Å². The summed E-state index contributed by atoms with van der Waals surface area (Å²) < 4.78 is 33.3. The van der Waals surface area contributed by atoms with Crippen molar-refractivity contribution in [2.75, 3.05) is 23.7 Å². The fourth-order valence-electron chi connectivity index (χ4n) is 4.47. The van der Waals surface area contributed by atoms with Gasteiger partial charge in [-0.1, -0.05) is 11.6 Å². The number of halogens is 1. The number of aromatic nitrogens is 4. The number of aryl methyl sites for hydroxylation is 2. The molecule has 0 spiro atoms. The van der Waals surface area contributed by atoms with Crippen molar-refractivity contribution in [3.05, 3.63) is 40.7 Å². The number of likely N-dealkylation sites (tertiary alicyclic amines) is 1. The Labute approximate surface area is 236 Å². The fraction of sp³-hybridized carbons (Fsp3) is 0.519. The third-order valence-corrected chi connectivity index (χ3v) is 9.10. The molecule has 0 bridgehead atoms. The molecule has 0 atom stereocenters. The number of rotatable bonds is 10. The van der Waals surface area contributed by atoms with Crippen LogP contribution >= 0.6 is 11.6 Å². The number of hydrogen-bond donors (Lipinski definition) is 2. The zero-order valence-electron chi connectivity index (χ0n) is 23.8. The standard InChI is InChI=1S/C27H38ClN7O3S/c1-15(2)35-12-19(13-35)20-10-24(38-16(3)4)22(9-18(20)7)31-27-29-11-21(28)25(32-27)30-23-14-34(8)33-26(23)39(36,37)17(5)6/h9-11,14-17,19H,12-13H2,1-8H3,(H2,29,30,31,32). The number of benzene rings is 1. The molecule has 212 valence electrons. The van der Waals surface area contributed by atoms with Crippen molar-refractivity contribution in [2.24, 2.45) is 7.05 Å². The summed E-state index contributed by atoms with van der Waals surface area (Å²) in [6.07, 6.45) is 3.02. The van der Waals surface area contributed by atoms with Crippen molar-refractivity contribution in [3.63, 3.8) is 0 Å². The highest BCUT2D eigenvalue weighted by molar-refractivity contribution is 7.92. The molecule has 1 aliphatic rings. The molecule has 1 saturated heterocycles. The Morgan fingerprint density at radius 1 is 1.08 bits per heavy atom. The maximum absolute atomic E-state index is 12.8. The zero-order chi connectivity index (χ0) is 28.6.